The van der Waals surface area contributed by atoms with Crippen LogP contribution in [-0.4, -0.2) is 17.0 Å². The second-order valence-electron chi connectivity index (χ2n) is 2.87. The van der Waals surface area contributed by atoms with Crippen LogP contribution in [0.5, 0.6) is 0 Å². The van der Waals surface area contributed by atoms with Crippen molar-refractivity contribution < 1.29 is 4.21 Å². The number of hydrogen-bond acceptors (Lipinski definition) is 2. The van der Waals surface area contributed by atoms with E-state index in [1.807, 2.05) is 49.4 Å². The molecule has 3 heteroatoms. The van der Waals surface area contributed by atoms with E-state index in [2.05, 4.69) is 4.36 Å². The summed E-state index contributed by atoms with van der Waals surface area (Å²) >= 11 is 0. The Morgan fingerprint density at radius 3 is 2.50 bits per heavy atom. The molecule has 0 heterocycles. The van der Waals surface area contributed by atoms with E-state index in [1.54, 1.807) is 7.05 Å². The van der Waals surface area contributed by atoms with Crippen molar-refractivity contribution in [2.24, 2.45) is 4.36 Å². The van der Waals surface area contributed by atoms with E-state index in [-0.39, 0.29) is 0 Å². The van der Waals surface area contributed by atoms with Gasteiger partial charge in [0.15, 0.2) is 0 Å². The molecule has 1 rings (SSSR count). The van der Waals surface area contributed by atoms with E-state index in [0.717, 1.165) is 4.90 Å². The van der Waals surface area contributed by atoms with Gasteiger partial charge in [-0.1, -0.05) is 30.4 Å². The third kappa shape index (κ3) is 2.45. The molecule has 0 radical (unpaired) electrons. The molecule has 2 nitrogen and oxygen atoms in total. The average molecular weight is 209 g/mol. The summed E-state index contributed by atoms with van der Waals surface area (Å²) < 4.78 is 16.3. The van der Waals surface area contributed by atoms with Crippen molar-refractivity contribution in [3.8, 4) is 0 Å². The monoisotopic (exact) mass is 209 g/mol. The highest BCUT2D eigenvalue weighted by Gasteiger charge is 2.07. The van der Waals surface area contributed by atoms with Crippen LogP contribution in [0.4, 0.5) is 0 Å². The third-order valence-corrected chi connectivity index (χ3v) is 4.21. The lowest BCUT2D eigenvalue weighted by Gasteiger charge is -2.05. The van der Waals surface area contributed by atoms with Gasteiger partial charge in [0.2, 0.25) is 0 Å². The molecule has 0 bridgehead atoms. The fourth-order valence-corrected chi connectivity index (χ4v) is 2.72. The van der Waals surface area contributed by atoms with Crippen LogP contribution in [0.2, 0.25) is 0 Å². The Balaban J connectivity index is 3.11. The van der Waals surface area contributed by atoms with Crippen LogP contribution < -0.4 is 0 Å². The van der Waals surface area contributed by atoms with Crippen molar-refractivity contribution in [1.82, 2.24) is 0 Å². The zero-order valence-electron chi connectivity index (χ0n) is 8.51. The van der Waals surface area contributed by atoms with Crippen molar-refractivity contribution in [2.75, 3.05) is 12.8 Å². The lowest BCUT2D eigenvalue weighted by Crippen LogP contribution is -2.04. The van der Waals surface area contributed by atoms with Crippen LogP contribution >= 0.6 is 0 Å². The van der Waals surface area contributed by atoms with E-state index in [9.17, 15) is 4.21 Å². The van der Waals surface area contributed by atoms with E-state index >= 15 is 0 Å². The molecule has 0 aliphatic heterocycles. The molecule has 0 saturated carbocycles. The zero-order chi connectivity index (χ0) is 10.4. The molecule has 0 aliphatic rings. The molecule has 0 unspecified atom stereocenters. The largest absolute Gasteiger partial charge is 0.244 e. The molecule has 14 heavy (non-hydrogen) atoms. The van der Waals surface area contributed by atoms with Gasteiger partial charge in [0.05, 0.1) is 15.5 Å². The maximum atomic E-state index is 12.3. The Hall–Kier alpha value is -1.09. The van der Waals surface area contributed by atoms with Crippen molar-refractivity contribution in [3.05, 3.63) is 42.5 Å². The van der Waals surface area contributed by atoms with Gasteiger partial charge in [0.25, 0.3) is 0 Å². The topological polar surface area (TPSA) is 29.4 Å². The van der Waals surface area contributed by atoms with Crippen LogP contribution in [0.1, 0.15) is 6.92 Å². The maximum Gasteiger partial charge on any atom is 0.0785 e. The standard InChI is InChI=1S/C11H15NOS/c1-3-4-10-14(13,12-2)11-8-6-5-7-9-11/h3-9H,10H2,1-2H3/b4-3+/t14-/m1/s1. The highest BCUT2D eigenvalue weighted by atomic mass is 32.2. The molecule has 76 valence electrons. The number of rotatable bonds is 3. The molecule has 0 N–H and O–H groups in total. The summed E-state index contributed by atoms with van der Waals surface area (Å²) in [6.45, 7) is 1.92. The summed E-state index contributed by atoms with van der Waals surface area (Å²) in [7, 11) is -0.620. The molecule has 0 saturated heterocycles. The third-order valence-electron chi connectivity index (χ3n) is 1.96. The molecule has 1 atom stereocenters. The molecule has 1 aromatic rings. The van der Waals surface area contributed by atoms with E-state index in [1.165, 1.54) is 0 Å². The minimum atomic E-state index is -2.23. The number of allylic oxidation sites excluding steroid dienone is 1. The quantitative estimate of drug-likeness (QED) is 0.704. The number of benzene rings is 1. The molecule has 0 aliphatic carbocycles. The van der Waals surface area contributed by atoms with Gasteiger partial charge in [-0.25, -0.2) is 8.57 Å². The van der Waals surface area contributed by atoms with E-state index in [0.29, 0.717) is 5.75 Å². The van der Waals surface area contributed by atoms with Crippen molar-refractivity contribution in [3.63, 3.8) is 0 Å². The van der Waals surface area contributed by atoms with Gasteiger partial charge in [-0.3, -0.25) is 0 Å². The second kappa shape index (κ2) is 4.96. The first-order valence-electron chi connectivity index (χ1n) is 4.52. The van der Waals surface area contributed by atoms with Gasteiger partial charge >= 0.3 is 0 Å². The Kier molecular flexibility index (Phi) is 3.89. The first kappa shape index (κ1) is 11.0. The molecular weight excluding hydrogens is 194 g/mol. The van der Waals surface area contributed by atoms with Gasteiger partial charge < -0.3 is 0 Å². The van der Waals surface area contributed by atoms with Gasteiger partial charge in [0, 0.05) is 11.9 Å². The minimum absolute atomic E-state index is 0.490. The molecule has 0 spiro atoms. The van der Waals surface area contributed by atoms with Crippen molar-refractivity contribution in [2.45, 2.75) is 11.8 Å². The van der Waals surface area contributed by atoms with Gasteiger partial charge in [0.1, 0.15) is 0 Å². The van der Waals surface area contributed by atoms with E-state index in [4.69, 9.17) is 0 Å². The van der Waals surface area contributed by atoms with Crippen LogP contribution in [0, 0.1) is 0 Å². The zero-order valence-corrected chi connectivity index (χ0v) is 9.33. The summed E-state index contributed by atoms with van der Waals surface area (Å²) in [4.78, 5) is 0.806. The number of hydrogen-bond donors (Lipinski definition) is 0. The molecule has 0 aromatic heterocycles. The van der Waals surface area contributed by atoms with Crippen LogP contribution in [0.3, 0.4) is 0 Å². The second-order valence-corrected chi connectivity index (χ2v) is 5.32. The summed E-state index contributed by atoms with van der Waals surface area (Å²) in [5.74, 6) is 0.490. The Labute approximate surface area is 85.8 Å². The predicted molar refractivity (Wildman–Crippen MR) is 60.9 cm³/mol. The summed E-state index contributed by atoms with van der Waals surface area (Å²) in [5.41, 5.74) is 0. The van der Waals surface area contributed by atoms with Gasteiger partial charge in [-0.15, -0.1) is 0 Å². The molecule has 0 fully saturated rings. The molecular formula is C11H15NOS. The summed E-state index contributed by atoms with van der Waals surface area (Å²) in [5, 5.41) is 0. The lowest BCUT2D eigenvalue weighted by molar-refractivity contribution is 0.678. The summed E-state index contributed by atoms with van der Waals surface area (Å²) in [6, 6.07) is 9.40. The Morgan fingerprint density at radius 2 is 2.00 bits per heavy atom. The normalized spacial score (nSPS) is 15.3. The fourth-order valence-electron chi connectivity index (χ4n) is 1.14. The highest BCUT2D eigenvalue weighted by molar-refractivity contribution is 7.93. The Morgan fingerprint density at radius 1 is 1.36 bits per heavy atom. The summed E-state index contributed by atoms with van der Waals surface area (Å²) in [6.07, 6.45) is 3.79. The molecule has 1 aromatic carbocycles. The van der Waals surface area contributed by atoms with Crippen LogP contribution in [-0.2, 0) is 9.73 Å². The van der Waals surface area contributed by atoms with Gasteiger partial charge in [-0.2, -0.15) is 0 Å². The van der Waals surface area contributed by atoms with Gasteiger partial charge in [-0.05, 0) is 19.1 Å². The first-order valence-corrected chi connectivity index (χ1v) is 6.20. The lowest BCUT2D eigenvalue weighted by atomic mass is 10.4. The average Bonchev–Trinajstić information content (AvgIpc) is 2.27. The maximum absolute atomic E-state index is 12.3. The van der Waals surface area contributed by atoms with Crippen LogP contribution in [0.15, 0.2) is 51.7 Å². The van der Waals surface area contributed by atoms with Crippen molar-refractivity contribution >= 4 is 9.73 Å². The SMILES string of the molecule is C/C=C/C[S@](=O)(=NC)c1ccccc1. The van der Waals surface area contributed by atoms with Crippen molar-refractivity contribution in [1.29, 1.82) is 0 Å². The van der Waals surface area contributed by atoms with E-state index < -0.39 is 9.73 Å². The van der Waals surface area contributed by atoms with Crippen LogP contribution in [0.25, 0.3) is 0 Å². The minimum Gasteiger partial charge on any atom is -0.244 e. The predicted octanol–water partition coefficient (Wildman–Crippen LogP) is 2.72. The molecule has 0 amide bonds. The highest BCUT2D eigenvalue weighted by Crippen LogP contribution is 2.13. The smallest absolute Gasteiger partial charge is 0.0785 e. The Bertz CT molecular complexity index is 414. The first-order chi connectivity index (χ1) is 6.73. The number of nitrogens with zero attached hydrogens (tertiary/aromatic N) is 1. The fraction of sp³-hybridized carbons (Fsp3) is 0.273.